The lowest BCUT2D eigenvalue weighted by Gasteiger charge is -2.62. The summed E-state index contributed by atoms with van der Waals surface area (Å²) in [6.45, 7) is 11.8. The van der Waals surface area contributed by atoms with E-state index in [-0.39, 0.29) is 5.54 Å². The van der Waals surface area contributed by atoms with Crippen molar-refractivity contribution in [3.63, 3.8) is 0 Å². The summed E-state index contributed by atoms with van der Waals surface area (Å²) in [5, 5.41) is 3.50. The Kier molecular flexibility index (Phi) is 5.08. The SMILES string of the molecule is CN=C(NCc1nccn1CCc1ccccc1)N1CC(C)(C)C1(C)C. The van der Waals surface area contributed by atoms with Crippen LogP contribution in [0.15, 0.2) is 47.7 Å². The lowest BCUT2D eigenvalue weighted by Crippen LogP contribution is -2.72. The molecule has 1 saturated heterocycles. The number of aliphatic imine (C=N–C) groups is 1. The van der Waals surface area contributed by atoms with Crippen LogP contribution < -0.4 is 5.32 Å². The second kappa shape index (κ2) is 7.14. The molecule has 0 aliphatic carbocycles. The molecule has 1 aliphatic rings. The molecule has 0 amide bonds. The predicted octanol–water partition coefficient (Wildman–Crippen LogP) is 3.32. The van der Waals surface area contributed by atoms with Gasteiger partial charge in [-0.2, -0.15) is 0 Å². The van der Waals surface area contributed by atoms with E-state index in [9.17, 15) is 0 Å². The first kappa shape index (κ1) is 18.5. The number of imidazole rings is 1. The van der Waals surface area contributed by atoms with Crippen LogP contribution in [0.2, 0.25) is 0 Å². The fourth-order valence-electron chi connectivity index (χ4n) is 3.46. The highest BCUT2D eigenvalue weighted by Gasteiger charge is 2.53. The maximum absolute atomic E-state index is 4.53. The molecule has 0 atom stereocenters. The van der Waals surface area contributed by atoms with Gasteiger partial charge in [0, 0.05) is 43.5 Å². The van der Waals surface area contributed by atoms with Gasteiger partial charge in [0.25, 0.3) is 0 Å². The largest absolute Gasteiger partial charge is 0.349 e. The monoisotopic (exact) mass is 353 g/mol. The highest BCUT2D eigenvalue weighted by atomic mass is 15.4. The van der Waals surface area contributed by atoms with Crippen LogP contribution in [0.4, 0.5) is 0 Å². The van der Waals surface area contributed by atoms with E-state index in [1.54, 1.807) is 0 Å². The fraction of sp³-hybridized carbons (Fsp3) is 0.524. The minimum Gasteiger partial charge on any atom is -0.349 e. The molecule has 140 valence electrons. The molecule has 26 heavy (non-hydrogen) atoms. The zero-order valence-corrected chi connectivity index (χ0v) is 16.7. The van der Waals surface area contributed by atoms with E-state index in [1.165, 1.54) is 5.56 Å². The van der Waals surface area contributed by atoms with Gasteiger partial charge in [0.2, 0.25) is 0 Å². The van der Waals surface area contributed by atoms with Gasteiger partial charge in [-0.1, -0.05) is 44.2 Å². The molecule has 2 heterocycles. The predicted molar refractivity (Wildman–Crippen MR) is 107 cm³/mol. The van der Waals surface area contributed by atoms with Crippen LogP contribution in [0, 0.1) is 5.41 Å². The van der Waals surface area contributed by atoms with E-state index in [4.69, 9.17) is 0 Å². The van der Waals surface area contributed by atoms with Crippen molar-refractivity contribution >= 4 is 5.96 Å². The first-order chi connectivity index (χ1) is 12.3. The Labute approximate surface area is 157 Å². The van der Waals surface area contributed by atoms with Crippen molar-refractivity contribution in [2.45, 2.75) is 52.7 Å². The standard InChI is InChI=1S/C21H31N5/c1-20(2)16-26(21(20,3)4)19(22-5)24-15-18-23-12-14-25(18)13-11-17-9-7-6-8-10-17/h6-10,12,14H,11,13,15-16H2,1-5H3,(H,22,24). The topological polar surface area (TPSA) is 45.5 Å². The van der Waals surface area contributed by atoms with E-state index in [0.29, 0.717) is 12.0 Å². The molecule has 1 aliphatic heterocycles. The number of aryl methyl sites for hydroxylation is 2. The third-order valence-electron chi connectivity index (χ3n) is 6.04. The van der Waals surface area contributed by atoms with Crippen LogP contribution in [0.3, 0.4) is 0 Å². The average molecular weight is 354 g/mol. The summed E-state index contributed by atoms with van der Waals surface area (Å²) in [5.41, 5.74) is 1.73. The van der Waals surface area contributed by atoms with Crippen molar-refractivity contribution in [2.24, 2.45) is 10.4 Å². The van der Waals surface area contributed by atoms with Crippen LogP contribution >= 0.6 is 0 Å². The van der Waals surface area contributed by atoms with E-state index in [0.717, 1.165) is 31.3 Å². The van der Waals surface area contributed by atoms with Crippen molar-refractivity contribution in [3.8, 4) is 0 Å². The lowest BCUT2D eigenvalue weighted by molar-refractivity contribution is -0.0668. The number of nitrogens with one attached hydrogen (secondary N) is 1. The third-order valence-corrected chi connectivity index (χ3v) is 6.04. The summed E-state index contributed by atoms with van der Waals surface area (Å²) < 4.78 is 2.22. The van der Waals surface area contributed by atoms with Gasteiger partial charge in [-0.25, -0.2) is 4.98 Å². The molecule has 3 rings (SSSR count). The van der Waals surface area contributed by atoms with E-state index in [2.05, 4.69) is 89.0 Å². The summed E-state index contributed by atoms with van der Waals surface area (Å²) >= 11 is 0. The zero-order chi connectivity index (χ0) is 18.8. The number of hydrogen-bond acceptors (Lipinski definition) is 2. The Morgan fingerprint density at radius 3 is 2.54 bits per heavy atom. The quantitative estimate of drug-likeness (QED) is 0.662. The Morgan fingerprint density at radius 2 is 1.92 bits per heavy atom. The van der Waals surface area contributed by atoms with E-state index in [1.807, 2.05) is 13.2 Å². The maximum Gasteiger partial charge on any atom is 0.194 e. The van der Waals surface area contributed by atoms with Crippen molar-refractivity contribution in [1.29, 1.82) is 0 Å². The second-order valence-electron chi connectivity index (χ2n) is 8.20. The van der Waals surface area contributed by atoms with Crippen molar-refractivity contribution in [1.82, 2.24) is 19.8 Å². The van der Waals surface area contributed by atoms with E-state index >= 15 is 0 Å². The lowest BCUT2D eigenvalue weighted by atomic mass is 9.65. The molecule has 1 aromatic carbocycles. The number of rotatable bonds is 5. The van der Waals surface area contributed by atoms with Crippen LogP contribution in [-0.4, -0.2) is 39.5 Å². The minimum atomic E-state index is 0.0948. The summed E-state index contributed by atoms with van der Waals surface area (Å²) in [6, 6.07) is 10.6. The van der Waals surface area contributed by atoms with Gasteiger partial charge in [0.15, 0.2) is 5.96 Å². The van der Waals surface area contributed by atoms with Crippen molar-refractivity contribution in [3.05, 3.63) is 54.1 Å². The number of hydrogen-bond donors (Lipinski definition) is 1. The van der Waals surface area contributed by atoms with Crippen LogP contribution in [0.5, 0.6) is 0 Å². The Balaban J connectivity index is 1.59. The molecule has 0 bridgehead atoms. The van der Waals surface area contributed by atoms with Gasteiger partial charge >= 0.3 is 0 Å². The second-order valence-corrected chi connectivity index (χ2v) is 8.20. The molecule has 1 N–H and O–H groups in total. The number of likely N-dealkylation sites (tertiary alicyclic amines) is 1. The van der Waals surface area contributed by atoms with Gasteiger partial charge in [-0.3, -0.25) is 4.99 Å². The van der Waals surface area contributed by atoms with Gasteiger partial charge in [0.1, 0.15) is 5.82 Å². The van der Waals surface area contributed by atoms with Gasteiger partial charge < -0.3 is 14.8 Å². The van der Waals surface area contributed by atoms with Crippen LogP contribution in [0.25, 0.3) is 0 Å². The number of guanidine groups is 1. The highest BCUT2D eigenvalue weighted by Crippen LogP contribution is 2.46. The molecule has 0 unspecified atom stereocenters. The molecule has 2 aromatic rings. The van der Waals surface area contributed by atoms with Gasteiger partial charge in [-0.05, 0) is 25.8 Å². The van der Waals surface area contributed by atoms with Crippen molar-refractivity contribution in [2.75, 3.05) is 13.6 Å². The summed E-state index contributed by atoms with van der Waals surface area (Å²) in [4.78, 5) is 11.4. The van der Waals surface area contributed by atoms with Crippen LogP contribution in [0.1, 0.15) is 39.1 Å². The smallest absolute Gasteiger partial charge is 0.194 e. The Bertz CT molecular complexity index is 758. The maximum atomic E-state index is 4.53. The molecular formula is C21H31N5. The zero-order valence-electron chi connectivity index (χ0n) is 16.7. The molecule has 0 saturated carbocycles. The third kappa shape index (κ3) is 3.48. The Hall–Kier alpha value is -2.30. The molecular weight excluding hydrogens is 322 g/mol. The first-order valence-electron chi connectivity index (χ1n) is 9.37. The van der Waals surface area contributed by atoms with Crippen LogP contribution in [-0.2, 0) is 19.5 Å². The molecule has 1 aromatic heterocycles. The molecule has 5 nitrogen and oxygen atoms in total. The molecule has 5 heteroatoms. The summed E-state index contributed by atoms with van der Waals surface area (Å²) in [6.07, 6.45) is 4.94. The average Bonchev–Trinajstić information content (AvgIpc) is 3.08. The molecule has 0 radical (unpaired) electrons. The fourth-order valence-corrected chi connectivity index (χ4v) is 3.46. The minimum absolute atomic E-state index is 0.0948. The molecule has 0 spiro atoms. The highest BCUT2D eigenvalue weighted by molar-refractivity contribution is 5.81. The number of benzene rings is 1. The summed E-state index contributed by atoms with van der Waals surface area (Å²) in [7, 11) is 1.85. The number of nitrogens with zero attached hydrogens (tertiary/aromatic N) is 4. The van der Waals surface area contributed by atoms with Crippen molar-refractivity contribution < 1.29 is 0 Å². The van der Waals surface area contributed by atoms with E-state index < -0.39 is 0 Å². The number of aromatic nitrogens is 2. The molecule has 1 fully saturated rings. The first-order valence-corrected chi connectivity index (χ1v) is 9.37. The van der Waals surface area contributed by atoms with Gasteiger partial charge in [0.05, 0.1) is 6.54 Å². The summed E-state index contributed by atoms with van der Waals surface area (Å²) in [5.74, 6) is 1.99. The van der Waals surface area contributed by atoms with Gasteiger partial charge in [-0.15, -0.1) is 0 Å². The Morgan fingerprint density at radius 1 is 1.19 bits per heavy atom. The normalized spacial score (nSPS) is 18.5.